The zero-order valence-electron chi connectivity index (χ0n) is 23.5. The summed E-state index contributed by atoms with van der Waals surface area (Å²) in [7, 11) is -7.05. The number of nitrogens with one attached hydrogen (secondary N) is 2. The minimum Gasteiger partial charge on any atom is -0.506 e. The number of aromatic hydroxyl groups is 1. The van der Waals surface area contributed by atoms with Crippen molar-refractivity contribution in [3.05, 3.63) is 89.9 Å². The molecule has 0 aliphatic rings. The Labute approximate surface area is 260 Å². The monoisotopic (exact) mass is 669 g/mol. The number of rotatable bonds is 11. The van der Waals surface area contributed by atoms with Gasteiger partial charge in [0.2, 0.25) is 5.91 Å². The van der Waals surface area contributed by atoms with Gasteiger partial charge < -0.3 is 19.8 Å². The van der Waals surface area contributed by atoms with Crippen LogP contribution in [0, 0.1) is 17.1 Å². The van der Waals surface area contributed by atoms with Crippen LogP contribution in [0.5, 0.6) is 11.5 Å². The van der Waals surface area contributed by atoms with Crippen molar-refractivity contribution in [3.63, 3.8) is 0 Å². The molecule has 0 bridgehead atoms. The molecule has 16 heteroatoms. The van der Waals surface area contributed by atoms with Gasteiger partial charge in [-0.15, -0.1) is 11.3 Å². The van der Waals surface area contributed by atoms with E-state index in [-0.39, 0.29) is 33.7 Å². The molecule has 0 radical (unpaired) electrons. The summed E-state index contributed by atoms with van der Waals surface area (Å²) in [5, 5.41) is 23.0. The maximum atomic E-state index is 13.8. The zero-order chi connectivity index (χ0) is 32.4. The number of halogens is 1. The standard InChI is InChI=1S/C29H25FN5O7PS2/c1-35(15-19-5-8-25(36)29-23(19)3-2-10-32-29)16-27(37)34-21-6-9-26-20(11-21)12-28(44-26)45(40,41)33-17-43(38,39)42-22-7-4-18(14-31)24(30)13-22/h2-13,33,36H,15-17H2,1H3,(H,34,37)(H,38,39). The van der Waals surface area contributed by atoms with Crippen LogP contribution < -0.4 is 14.6 Å². The van der Waals surface area contributed by atoms with Crippen molar-refractivity contribution in [2.75, 3.05) is 25.2 Å². The number of carbonyl (C=O) groups excluding carboxylic acids is 1. The van der Waals surface area contributed by atoms with Gasteiger partial charge in [-0.05, 0) is 66.5 Å². The van der Waals surface area contributed by atoms with E-state index >= 15 is 0 Å². The Kier molecular flexibility index (Phi) is 9.17. The summed E-state index contributed by atoms with van der Waals surface area (Å²) in [6.07, 6.45) is 0.603. The van der Waals surface area contributed by atoms with Crippen molar-refractivity contribution in [2.45, 2.75) is 10.8 Å². The SMILES string of the molecule is CN(CC(=O)Nc1ccc2sc(S(=O)(=O)NCP(=O)(O)Oc3ccc(C#N)c(F)c3)cc2c1)Cc1ccc(O)c2ncccc12. The summed E-state index contributed by atoms with van der Waals surface area (Å²) in [6, 6.07) is 17.8. The Balaban J connectivity index is 1.20. The number of likely N-dealkylation sites (N-methyl/N-ethyl adjacent to an activating group) is 1. The van der Waals surface area contributed by atoms with E-state index < -0.39 is 29.7 Å². The number of pyridine rings is 1. The van der Waals surface area contributed by atoms with E-state index in [1.807, 2.05) is 10.8 Å². The van der Waals surface area contributed by atoms with E-state index in [0.717, 1.165) is 40.5 Å². The van der Waals surface area contributed by atoms with Crippen molar-refractivity contribution in [1.29, 1.82) is 5.26 Å². The number of thiophene rings is 1. The molecule has 4 N–H and O–H groups in total. The number of phenols is 1. The highest BCUT2D eigenvalue weighted by Gasteiger charge is 2.27. The summed E-state index contributed by atoms with van der Waals surface area (Å²) in [5.41, 5.74) is 1.53. The molecule has 0 spiro atoms. The van der Waals surface area contributed by atoms with Crippen LogP contribution in [-0.4, -0.2) is 54.1 Å². The molecule has 2 aromatic heterocycles. The Morgan fingerprint density at radius 1 is 1.18 bits per heavy atom. The highest BCUT2D eigenvalue weighted by Crippen LogP contribution is 2.42. The third-order valence-electron chi connectivity index (χ3n) is 6.50. The number of sulfonamides is 1. The molecule has 5 rings (SSSR count). The second-order valence-corrected chi connectivity index (χ2v) is 14.8. The van der Waals surface area contributed by atoms with Crippen molar-refractivity contribution in [3.8, 4) is 17.6 Å². The minimum atomic E-state index is -4.58. The number of nitrogens with zero attached hydrogens (tertiary/aromatic N) is 3. The first-order chi connectivity index (χ1) is 21.3. The van der Waals surface area contributed by atoms with Gasteiger partial charge in [0.25, 0.3) is 10.0 Å². The summed E-state index contributed by atoms with van der Waals surface area (Å²) < 4.78 is 59.4. The van der Waals surface area contributed by atoms with Gasteiger partial charge in [0, 0.05) is 34.6 Å². The third-order valence-corrected chi connectivity index (χ3v) is 10.8. The topological polar surface area (TPSA) is 182 Å². The molecule has 0 aliphatic heterocycles. The van der Waals surface area contributed by atoms with Gasteiger partial charge in [0.15, 0.2) is 0 Å². The molecule has 45 heavy (non-hydrogen) atoms. The van der Waals surface area contributed by atoms with Crippen LogP contribution in [-0.2, 0) is 25.9 Å². The van der Waals surface area contributed by atoms with Gasteiger partial charge in [0.1, 0.15) is 39.4 Å². The second-order valence-electron chi connectivity index (χ2n) is 9.97. The molecule has 0 saturated heterocycles. The molecule has 1 unspecified atom stereocenters. The maximum Gasteiger partial charge on any atom is 0.391 e. The molecule has 3 aromatic carbocycles. The van der Waals surface area contributed by atoms with Gasteiger partial charge in [-0.25, -0.2) is 17.4 Å². The Bertz CT molecular complexity index is 2140. The van der Waals surface area contributed by atoms with Gasteiger partial charge in [-0.3, -0.25) is 14.7 Å². The van der Waals surface area contributed by atoms with E-state index in [1.54, 1.807) is 60.6 Å². The van der Waals surface area contributed by atoms with Crippen molar-refractivity contribution < 1.29 is 36.7 Å². The molecule has 5 aromatic rings. The highest BCUT2D eigenvalue weighted by atomic mass is 32.2. The maximum absolute atomic E-state index is 13.8. The van der Waals surface area contributed by atoms with E-state index in [2.05, 4.69) is 10.3 Å². The van der Waals surface area contributed by atoms with Crippen molar-refractivity contribution in [1.82, 2.24) is 14.6 Å². The molecule has 0 saturated carbocycles. The third kappa shape index (κ3) is 7.63. The van der Waals surface area contributed by atoms with Crippen molar-refractivity contribution in [2.24, 2.45) is 0 Å². The second kappa shape index (κ2) is 12.9. The van der Waals surface area contributed by atoms with Gasteiger partial charge in [0.05, 0.1) is 12.1 Å². The van der Waals surface area contributed by atoms with Crippen LogP contribution in [0.15, 0.2) is 77.1 Å². The molecule has 0 fully saturated rings. The molecule has 2 heterocycles. The largest absolute Gasteiger partial charge is 0.506 e. The highest BCUT2D eigenvalue weighted by molar-refractivity contribution is 7.92. The summed E-state index contributed by atoms with van der Waals surface area (Å²) >= 11 is 0.919. The van der Waals surface area contributed by atoms with Crippen LogP contribution >= 0.6 is 18.9 Å². The quantitative estimate of drug-likeness (QED) is 0.143. The van der Waals surface area contributed by atoms with Crippen LogP contribution in [0.4, 0.5) is 10.1 Å². The average molecular weight is 670 g/mol. The predicted molar refractivity (Wildman–Crippen MR) is 167 cm³/mol. The lowest BCUT2D eigenvalue weighted by Gasteiger charge is -2.18. The van der Waals surface area contributed by atoms with Crippen LogP contribution in [0.1, 0.15) is 11.1 Å². The molecule has 1 amide bonds. The Hall–Kier alpha value is -4.42. The molecular formula is C29H25FN5O7PS2. The number of phenolic OH excluding ortho intramolecular Hbond substituents is 1. The summed E-state index contributed by atoms with van der Waals surface area (Å²) in [6.45, 7) is 0.468. The number of amides is 1. The van der Waals surface area contributed by atoms with Gasteiger partial charge in [-0.1, -0.05) is 12.1 Å². The number of fused-ring (bicyclic) bond motifs is 2. The number of hydrogen-bond acceptors (Lipinski definition) is 10. The predicted octanol–water partition coefficient (Wildman–Crippen LogP) is 4.74. The first kappa shape index (κ1) is 32.0. The first-order valence-electron chi connectivity index (χ1n) is 13.1. The number of aromatic nitrogens is 1. The lowest BCUT2D eigenvalue weighted by atomic mass is 10.1. The lowest BCUT2D eigenvalue weighted by molar-refractivity contribution is -0.117. The van der Waals surface area contributed by atoms with Gasteiger partial charge >= 0.3 is 7.60 Å². The minimum absolute atomic E-state index is 0.0479. The molecule has 12 nitrogen and oxygen atoms in total. The molecule has 232 valence electrons. The Morgan fingerprint density at radius 3 is 2.73 bits per heavy atom. The normalized spacial score (nSPS) is 13.0. The fourth-order valence-electron chi connectivity index (χ4n) is 4.45. The summed E-state index contributed by atoms with van der Waals surface area (Å²) in [4.78, 5) is 28.9. The summed E-state index contributed by atoms with van der Waals surface area (Å²) in [5.74, 6) is -1.52. The van der Waals surface area contributed by atoms with E-state index in [0.29, 0.717) is 27.8 Å². The van der Waals surface area contributed by atoms with Crippen LogP contribution in [0.3, 0.4) is 0 Å². The van der Waals surface area contributed by atoms with E-state index in [1.165, 1.54) is 6.07 Å². The lowest BCUT2D eigenvalue weighted by Crippen LogP contribution is -2.29. The fourth-order valence-corrected chi connectivity index (χ4v) is 8.38. The number of nitriles is 1. The van der Waals surface area contributed by atoms with Gasteiger partial charge in [-0.2, -0.15) is 9.98 Å². The number of anilines is 1. The molecule has 0 aliphatic carbocycles. The van der Waals surface area contributed by atoms with E-state index in [9.17, 15) is 32.2 Å². The van der Waals surface area contributed by atoms with Crippen molar-refractivity contribution >= 4 is 61.5 Å². The number of hydrogen-bond donors (Lipinski definition) is 4. The zero-order valence-corrected chi connectivity index (χ0v) is 26.0. The van der Waals surface area contributed by atoms with Crippen LogP contribution in [0.25, 0.3) is 21.0 Å². The number of carbonyl (C=O) groups is 1. The average Bonchev–Trinajstić information content (AvgIpc) is 3.42. The first-order valence-corrected chi connectivity index (χ1v) is 17.2. The number of benzene rings is 3. The smallest absolute Gasteiger partial charge is 0.391 e. The molecule has 1 atom stereocenters. The Morgan fingerprint density at radius 2 is 1.98 bits per heavy atom. The van der Waals surface area contributed by atoms with E-state index in [4.69, 9.17) is 9.79 Å². The van der Waals surface area contributed by atoms with Crippen LogP contribution in [0.2, 0.25) is 0 Å². The molecular weight excluding hydrogens is 644 g/mol. The fraction of sp³-hybridized carbons (Fsp3) is 0.138.